The first-order valence-electron chi connectivity index (χ1n) is 15.0. The van der Waals surface area contributed by atoms with Gasteiger partial charge in [0.15, 0.2) is 17.4 Å². The van der Waals surface area contributed by atoms with E-state index >= 15 is 0 Å². The summed E-state index contributed by atoms with van der Waals surface area (Å²) in [4.78, 5) is 49.9. The van der Waals surface area contributed by atoms with Crippen molar-refractivity contribution in [2.24, 2.45) is 0 Å². The number of halogens is 2. The van der Waals surface area contributed by atoms with Crippen LogP contribution in [-0.2, 0) is 14.9 Å². The van der Waals surface area contributed by atoms with Gasteiger partial charge in [0.25, 0.3) is 5.92 Å². The van der Waals surface area contributed by atoms with Gasteiger partial charge in [-0.15, -0.1) is 5.10 Å². The Labute approximate surface area is 272 Å². The van der Waals surface area contributed by atoms with E-state index in [-0.39, 0.29) is 29.0 Å². The average Bonchev–Trinajstić information content (AvgIpc) is 3.60. The van der Waals surface area contributed by atoms with Crippen LogP contribution in [0.5, 0.6) is 11.5 Å². The van der Waals surface area contributed by atoms with Crippen LogP contribution in [0.3, 0.4) is 0 Å². The van der Waals surface area contributed by atoms with Gasteiger partial charge in [0.2, 0.25) is 11.9 Å². The van der Waals surface area contributed by atoms with Crippen molar-refractivity contribution in [3.05, 3.63) is 53.7 Å². The molecule has 250 valence electrons. The van der Waals surface area contributed by atoms with Gasteiger partial charge in [0, 0.05) is 11.3 Å². The zero-order chi connectivity index (χ0) is 34.3. The van der Waals surface area contributed by atoms with Crippen LogP contribution >= 0.6 is 0 Å². The molecule has 1 saturated carbocycles. The zero-order valence-electron chi connectivity index (χ0n) is 26.6. The zero-order valence-corrected chi connectivity index (χ0v) is 26.6. The molecule has 2 aromatic carbocycles. The Balaban J connectivity index is 1.29. The summed E-state index contributed by atoms with van der Waals surface area (Å²) in [6.07, 6.45) is -0.464. The van der Waals surface area contributed by atoms with Gasteiger partial charge < -0.3 is 29.5 Å². The number of alkyl halides is 2. The van der Waals surface area contributed by atoms with E-state index in [9.17, 15) is 28.3 Å². The first kappa shape index (κ1) is 31.1. The number of nitrogens with one attached hydrogen (secondary N) is 1. The van der Waals surface area contributed by atoms with Crippen molar-refractivity contribution in [3.63, 3.8) is 0 Å². The Morgan fingerprint density at radius 1 is 1.06 bits per heavy atom. The third-order valence-electron chi connectivity index (χ3n) is 8.66. The molecule has 4 aromatic rings. The van der Waals surface area contributed by atoms with Gasteiger partial charge in [-0.25, -0.2) is 28.3 Å². The van der Waals surface area contributed by atoms with Gasteiger partial charge in [-0.2, -0.15) is 9.67 Å². The number of amides is 2. The predicted molar refractivity (Wildman–Crippen MR) is 168 cm³/mol. The van der Waals surface area contributed by atoms with Gasteiger partial charge >= 0.3 is 12.2 Å². The lowest BCUT2D eigenvalue weighted by Crippen LogP contribution is -2.57. The molecule has 2 fully saturated rings. The molecule has 0 unspecified atom stereocenters. The van der Waals surface area contributed by atoms with E-state index in [1.807, 2.05) is 0 Å². The molecule has 2 atom stereocenters. The Kier molecular flexibility index (Phi) is 6.79. The second-order valence-electron chi connectivity index (χ2n) is 13.0. The van der Waals surface area contributed by atoms with Crippen LogP contribution in [0.4, 0.5) is 41.6 Å². The minimum atomic E-state index is -2.83. The van der Waals surface area contributed by atoms with E-state index in [4.69, 9.17) is 14.2 Å². The molecule has 0 radical (unpaired) electrons. The van der Waals surface area contributed by atoms with E-state index in [2.05, 4.69) is 20.4 Å². The summed E-state index contributed by atoms with van der Waals surface area (Å²) < 4.78 is 44.6. The van der Waals surface area contributed by atoms with Gasteiger partial charge in [-0.3, -0.25) is 4.79 Å². The minimum absolute atomic E-state index is 0.0648. The quantitative estimate of drug-likeness (QED) is 0.275. The van der Waals surface area contributed by atoms with Crippen molar-refractivity contribution in [3.8, 4) is 11.5 Å². The lowest BCUT2D eigenvalue weighted by atomic mass is 9.91. The number of hydrogen-bond donors (Lipinski definition) is 2. The van der Waals surface area contributed by atoms with Crippen molar-refractivity contribution in [1.29, 1.82) is 0 Å². The van der Waals surface area contributed by atoms with Crippen molar-refractivity contribution in [2.45, 2.75) is 50.0 Å². The third kappa shape index (κ3) is 4.89. The average molecular weight is 664 g/mol. The molecule has 2 aliphatic heterocycles. The fourth-order valence-corrected chi connectivity index (χ4v) is 6.41. The molecule has 2 N–H and O–H groups in total. The summed E-state index contributed by atoms with van der Waals surface area (Å²) in [5.41, 5.74) is -0.144. The molecule has 1 saturated heterocycles. The van der Waals surface area contributed by atoms with E-state index in [1.54, 1.807) is 57.2 Å². The highest BCUT2D eigenvalue weighted by Crippen LogP contribution is 2.67. The first-order valence-corrected chi connectivity index (χ1v) is 15.0. The maximum absolute atomic E-state index is 13.7. The topological polar surface area (TPSA) is 161 Å². The summed E-state index contributed by atoms with van der Waals surface area (Å²) in [6, 6.07) is 10.1. The van der Waals surface area contributed by atoms with Crippen LogP contribution in [0.15, 0.2) is 42.6 Å². The number of fused-ring (bicyclic) bond motifs is 3. The number of aromatic nitrogens is 4. The summed E-state index contributed by atoms with van der Waals surface area (Å²) in [7, 11) is 2.89. The SMILES string of the molecule is COc1ccc2c(c1)[C@]1(C[C@H]1c1ccc3c(Nc4nc(N5CC(F)(F)C5)ncc4OC)nn(C(=O)OC(C)(C)C)c3c1)C(=O)N2C(=O)O. The van der Waals surface area contributed by atoms with Gasteiger partial charge in [-0.05, 0) is 68.7 Å². The largest absolute Gasteiger partial charge is 0.497 e. The van der Waals surface area contributed by atoms with Crippen molar-refractivity contribution in [2.75, 3.05) is 42.4 Å². The highest BCUT2D eigenvalue weighted by molar-refractivity contribution is 6.22. The molecule has 1 aliphatic carbocycles. The fraction of sp³-hybridized carbons (Fsp3) is 0.375. The Morgan fingerprint density at radius 2 is 1.81 bits per heavy atom. The number of anilines is 4. The monoisotopic (exact) mass is 663 g/mol. The van der Waals surface area contributed by atoms with E-state index in [0.717, 1.165) is 9.58 Å². The minimum Gasteiger partial charge on any atom is -0.497 e. The molecule has 2 amide bonds. The maximum atomic E-state index is 13.7. The molecular weight excluding hydrogens is 632 g/mol. The second kappa shape index (κ2) is 10.5. The van der Waals surface area contributed by atoms with Crippen LogP contribution in [0, 0.1) is 0 Å². The number of rotatable bonds is 6. The first-order chi connectivity index (χ1) is 22.7. The molecular formula is C32H31F2N7O7. The highest BCUT2D eigenvalue weighted by atomic mass is 19.3. The fourth-order valence-electron chi connectivity index (χ4n) is 6.41. The summed E-state index contributed by atoms with van der Waals surface area (Å²) in [5.74, 6) is -2.72. The van der Waals surface area contributed by atoms with E-state index in [1.165, 1.54) is 25.3 Å². The number of carbonyl (C=O) groups excluding carboxylic acids is 2. The van der Waals surface area contributed by atoms with Gasteiger partial charge in [0.05, 0.1) is 50.1 Å². The van der Waals surface area contributed by atoms with Gasteiger partial charge in [0.1, 0.15) is 11.4 Å². The maximum Gasteiger partial charge on any atom is 0.435 e. The number of imide groups is 1. The Morgan fingerprint density at radius 3 is 2.46 bits per heavy atom. The Bertz CT molecular complexity index is 2020. The highest BCUT2D eigenvalue weighted by Gasteiger charge is 2.68. The number of carboxylic acid groups (broad SMARTS) is 1. The molecule has 16 heteroatoms. The molecule has 1 spiro atoms. The predicted octanol–water partition coefficient (Wildman–Crippen LogP) is 5.28. The second-order valence-corrected chi connectivity index (χ2v) is 13.0. The lowest BCUT2D eigenvalue weighted by molar-refractivity contribution is -0.119. The summed E-state index contributed by atoms with van der Waals surface area (Å²) in [5, 5.41) is 17.9. The van der Waals surface area contributed by atoms with Crippen molar-refractivity contribution < 1.29 is 42.5 Å². The normalized spacial score (nSPS) is 20.8. The molecule has 14 nitrogen and oxygen atoms in total. The number of ether oxygens (including phenoxy) is 3. The van der Waals surface area contributed by atoms with Crippen LogP contribution in [-0.4, -0.2) is 81.8 Å². The molecule has 3 aliphatic rings. The van der Waals surface area contributed by atoms with E-state index < -0.39 is 54.0 Å². The van der Waals surface area contributed by atoms with E-state index in [0.29, 0.717) is 34.2 Å². The van der Waals surface area contributed by atoms with Crippen LogP contribution in [0.25, 0.3) is 10.9 Å². The van der Waals surface area contributed by atoms with Crippen molar-refractivity contribution >= 4 is 52.3 Å². The number of benzene rings is 2. The lowest BCUT2D eigenvalue weighted by Gasteiger charge is -2.38. The molecule has 48 heavy (non-hydrogen) atoms. The molecule has 4 heterocycles. The Hall–Kier alpha value is -5.54. The van der Waals surface area contributed by atoms with Crippen molar-refractivity contribution in [1.82, 2.24) is 19.7 Å². The molecule has 2 aromatic heterocycles. The van der Waals surface area contributed by atoms with Crippen LogP contribution < -0.4 is 24.6 Å². The number of hydrogen-bond acceptors (Lipinski definition) is 11. The van der Waals surface area contributed by atoms with Crippen LogP contribution in [0.2, 0.25) is 0 Å². The molecule has 7 rings (SSSR count). The number of carbonyl (C=O) groups is 3. The smallest absolute Gasteiger partial charge is 0.435 e. The standard InChI is InChI=1S/C32H31F2N7O7/c1-30(2,3)48-29(45)41-22-10-16(20-12-32(20)19-11-17(46-4)7-9-21(19)40(26(32)42)28(43)44)6-8-18(22)24(38-41)36-25-23(47-5)13-35-27(37-25)39-14-31(33,34)15-39/h6-11,13,20H,12,14-15H2,1-5H3,(H,43,44)(H,35,36,37,38)/t20-,32-/m0/s1. The number of nitrogens with zero attached hydrogens (tertiary/aromatic N) is 6. The van der Waals surface area contributed by atoms with Crippen LogP contribution in [0.1, 0.15) is 44.2 Å². The third-order valence-corrected chi connectivity index (χ3v) is 8.66. The summed E-state index contributed by atoms with van der Waals surface area (Å²) in [6.45, 7) is 4.10. The molecule has 0 bridgehead atoms. The summed E-state index contributed by atoms with van der Waals surface area (Å²) >= 11 is 0. The number of methoxy groups -OCH3 is 2. The van der Waals surface area contributed by atoms with Gasteiger partial charge in [-0.1, -0.05) is 6.07 Å².